The van der Waals surface area contributed by atoms with E-state index in [-0.39, 0.29) is 47.8 Å². The molecule has 5 heteroatoms. The van der Waals surface area contributed by atoms with Gasteiger partial charge in [-0.1, -0.05) is 31.9 Å². The van der Waals surface area contributed by atoms with E-state index in [1.807, 2.05) is 11.8 Å². The van der Waals surface area contributed by atoms with Crippen LogP contribution < -0.4 is 0 Å². The molecule has 3 aliphatic rings. The number of hydrogen-bond donors (Lipinski definition) is 1. The van der Waals surface area contributed by atoms with Gasteiger partial charge in [0.15, 0.2) is 5.78 Å². The van der Waals surface area contributed by atoms with Gasteiger partial charge in [-0.3, -0.25) is 9.59 Å². The molecule has 0 aliphatic carbocycles. The molecule has 5 atom stereocenters. The Labute approximate surface area is 182 Å². The van der Waals surface area contributed by atoms with Crippen LogP contribution >= 0.6 is 0 Å². The summed E-state index contributed by atoms with van der Waals surface area (Å²) in [6.07, 6.45) is 13.7. The SMILES string of the molecule is C[C@H]1CCCCC=CCCCC[C@@H](CO)CC(=O)[C@@H]2[C@H]3CC(C)(C)OC3CN2C1=O. The average molecular weight is 420 g/mol. The first kappa shape index (κ1) is 23.5. The van der Waals surface area contributed by atoms with E-state index in [0.717, 1.165) is 57.8 Å². The maximum absolute atomic E-state index is 13.4. The van der Waals surface area contributed by atoms with Crippen molar-refractivity contribution in [2.24, 2.45) is 17.8 Å². The van der Waals surface area contributed by atoms with Gasteiger partial charge in [0.2, 0.25) is 5.91 Å². The lowest BCUT2D eigenvalue weighted by Gasteiger charge is -2.31. The van der Waals surface area contributed by atoms with E-state index >= 15 is 0 Å². The number of aliphatic hydroxyl groups is 1. The average Bonchev–Trinajstić information content (AvgIpc) is 3.18. The molecule has 0 bridgehead atoms. The number of fused-ring (bicyclic) bond motifs is 3. The van der Waals surface area contributed by atoms with Gasteiger partial charge < -0.3 is 14.7 Å². The van der Waals surface area contributed by atoms with Crippen LogP contribution in [0.15, 0.2) is 12.2 Å². The highest BCUT2D eigenvalue weighted by Gasteiger charge is 2.55. The van der Waals surface area contributed by atoms with Crippen molar-refractivity contribution in [2.45, 2.75) is 103 Å². The molecule has 0 aromatic carbocycles. The van der Waals surface area contributed by atoms with Crippen LogP contribution in [0.1, 0.15) is 85.0 Å². The number of carbonyl (C=O) groups is 2. The van der Waals surface area contributed by atoms with E-state index in [1.54, 1.807) is 0 Å². The van der Waals surface area contributed by atoms with Crippen molar-refractivity contribution in [2.75, 3.05) is 13.2 Å². The number of carbonyl (C=O) groups excluding carboxylic acids is 2. The summed E-state index contributed by atoms with van der Waals surface area (Å²) in [6.45, 7) is 6.72. The number of ketones is 1. The molecule has 5 nitrogen and oxygen atoms in total. The molecule has 170 valence electrons. The maximum Gasteiger partial charge on any atom is 0.226 e. The van der Waals surface area contributed by atoms with Crippen molar-refractivity contribution in [1.82, 2.24) is 4.90 Å². The Kier molecular flexibility index (Phi) is 8.14. The van der Waals surface area contributed by atoms with E-state index < -0.39 is 6.04 Å². The zero-order valence-electron chi connectivity index (χ0n) is 19.1. The van der Waals surface area contributed by atoms with Crippen molar-refractivity contribution in [3.05, 3.63) is 12.2 Å². The molecule has 1 amide bonds. The van der Waals surface area contributed by atoms with Crippen molar-refractivity contribution < 1.29 is 19.4 Å². The first-order valence-corrected chi connectivity index (χ1v) is 12.1. The largest absolute Gasteiger partial charge is 0.396 e. The van der Waals surface area contributed by atoms with Gasteiger partial charge in [0.25, 0.3) is 0 Å². The minimum Gasteiger partial charge on any atom is -0.396 e. The minimum atomic E-state index is -0.391. The standard InChI is InChI=1S/C25H41NO4/c1-18-12-10-8-6-4-5-7-9-11-13-19(17-27)14-21(28)23-20-15-25(2,3)30-22(20)16-26(23)24(18)29/h4-5,18-20,22-23,27H,6-17H2,1-3H3/t18-,19+,20-,22?,23-/m0/s1. The summed E-state index contributed by atoms with van der Waals surface area (Å²) >= 11 is 0. The fourth-order valence-corrected chi connectivity index (χ4v) is 5.62. The number of amides is 1. The number of hydrogen-bond acceptors (Lipinski definition) is 4. The van der Waals surface area contributed by atoms with Gasteiger partial charge in [0.05, 0.1) is 17.7 Å². The number of aliphatic hydroxyl groups excluding tert-OH is 1. The molecular formula is C25H41NO4. The van der Waals surface area contributed by atoms with Crippen LogP contribution in [0, 0.1) is 17.8 Å². The van der Waals surface area contributed by atoms with Gasteiger partial charge in [0, 0.05) is 31.4 Å². The summed E-state index contributed by atoms with van der Waals surface area (Å²) in [5.41, 5.74) is -0.243. The van der Waals surface area contributed by atoms with Crippen molar-refractivity contribution in [1.29, 1.82) is 0 Å². The summed E-state index contributed by atoms with van der Waals surface area (Å²) in [6, 6.07) is -0.391. The smallest absolute Gasteiger partial charge is 0.226 e. The second-order valence-electron chi connectivity index (χ2n) is 10.4. The maximum atomic E-state index is 13.4. The molecule has 30 heavy (non-hydrogen) atoms. The summed E-state index contributed by atoms with van der Waals surface area (Å²) in [4.78, 5) is 28.6. The minimum absolute atomic E-state index is 0.0130. The summed E-state index contributed by atoms with van der Waals surface area (Å²) in [5, 5.41) is 9.87. The molecule has 0 saturated carbocycles. The van der Waals surface area contributed by atoms with Crippen LogP contribution in [0.25, 0.3) is 0 Å². The fourth-order valence-electron chi connectivity index (χ4n) is 5.62. The van der Waals surface area contributed by atoms with Gasteiger partial charge in [0.1, 0.15) is 0 Å². The predicted octanol–water partition coefficient (Wildman–Crippen LogP) is 4.28. The van der Waals surface area contributed by atoms with E-state index in [9.17, 15) is 14.7 Å². The van der Waals surface area contributed by atoms with Crippen LogP contribution in [0.5, 0.6) is 0 Å². The van der Waals surface area contributed by atoms with E-state index in [1.165, 1.54) is 0 Å². The van der Waals surface area contributed by atoms with E-state index in [4.69, 9.17) is 4.74 Å². The summed E-state index contributed by atoms with van der Waals surface area (Å²) in [7, 11) is 0. The molecule has 0 aromatic heterocycles. The number of nitrogens with zero attached hydrogens (tertiary/aromatic N) is 1. The number of ether oxygens (including phenoxy) is 1. The third kappa shape index (κ3) is 5.73. The monoisotopic (exact) mass is 419 g/mol. The highest BCUT2D eigenvalue weighted by molar-refractivity contribution is 5.91. The number of rotatable bonds is 1. The predicted molar refractivity (Wildman–Crippen MR) is 118 cm³/mol. The zero-order chi connectivity index (χ0) is 21.7. The molecule has 0 spiro atoms. The lowest BCUT2D eigenvalue weighted by Crippen LogP contribution is -2.46. The highest BCUT2D eigenvalue weighted by atomic mass is 16.5. The van der Waals surface area contributed by atoms with Crippen LogP contribution in [-0.2, 0) is 14.3 Å². The Balaban J connectivity index is 1.78. The Morgan fingerprint density at radius 2 is 1.77 bits per heavy atom. The summed E-state index contributed by atoms with van der Waals surface area (Å²) in [5.74, 6) is 0.216. The molecule has 3 aliphatic heterocycles. The second-order valence-corrected chi connectivity index (χ2v) is 10.4. The normalized spacial score (nSPS) is 36.4. The molecule has 1 unspecified atom stereocenters. The lowest BCUT2D eigenvalue weighted by molar-refractivity contribution is -0.142. The van der Waals surface area contributed by atoms with Crippen molar-refractivity contribution in [3.63, 3.8) is 0 Å². The molecule has 0 radical (unpaired) electrons. The van der Waals surface area contributed by atoms with Gasteiger partial charge in [-0.15, -0.1) is 0 Å². The highest BCUT2D eigenvalue weighted by Crippen LogP contribution is 2.44. The van der Waals surface area contributed by atoms with Gasteiger partial charge >= 0.3 is 0 Å². The van der Waals surface area contributed by atoms with Crippen LogP contribution in [-0.4, -0.2) is 52.6 Å². The number of Topliss-reactive ketones (excluding diaryl/α,β-unsaturated/α-hetero) is 1. The Bertz CT molecular complexity index is 629. The molecule has 3 heterocycles. The first-order valence-electron chi connectivity index (χ1n) is 12.1. The van der Waals surface area contributed by atoms with E-state index in [2.05, 4.69) is 26.0 Å². The van der Waals surface area contributed by atoms with Gasteiger partial charge in [-0.25, -0.2) is 0 Å². The molecule has 0 aromatic rings. The fraction of sp³-hybridized carbons (Fsp3) is 0.840. The molecule has 3 rings (SSSR count). The zero-order valence-corrected chi connectivity index (χ0v) is 19.1. The van der Waals surface area contributed by atoms with Crippen LogP contribution in [0.3, 0.4) is 0 Å². The third-order valence-corrected chi connectivity index (χ3v) is 7.23. The summed E-state index contributed by atoms with van der Waals surface area (Å²) < 4.78 is 6.23. The van der Waals surface area contributed by atoms with E-state index in [0.29, 0.717) is 13.0 Å². The topological polar surface area (TPSA) is 66.8 Å². The van der Waals surface area contributed by atoms with Gasteiger partial charge in [-0.2, -0.15) is 0 Å². The number of allylic oxidation sites excluding steroid dienone is 2. The van der Waals surface area contributed by atoms with Crippen molar-refractivity contribution in [3.8, 4) is 0 Å². The van der Waals surface area contributed by atoms with Crippen LogP contribution in [0.2, 0.25) is 0 Å². The Morgan fingerprint density at radius 3 is 2.43 bits per heavy atom. The molecule has 2 fully saturated rings. The molecule has 1 N–H and O–H groups in total. The van der Waals surface area contributed by atoms with Crippen molar-refractivity contribution >= 4 is 11.7 Å². The molecular weight excluding hydrogens is 378 g/mol. The third-order valence-electron chi connectivity index (χ3n) is 7.23. The molecule has 2 saturated heterocycles. The lowest BCUT2D eigenvalue weighted by atomic mass is 9.84. The Hall–Kier alpha value is -1.20. The van der Waals surface area contributed by atoms with Crippen LogP contribution in [0.4, 0.5) is 0 Å². The Morgan fingerprint density at radius 1 is 1.10 bits per heavy atom. The quantitative estimate of drug-likeness (QED) is 0.645. The first-order chi connectivity index (χ1) is 14.3. The van der Waals surface area contributed by atoms with Gasteiger partial charge in [-0.05, 0) is 64.7 Å². The second kappa shape index (κ2) is 10.4.